The molecule has 2 unspecified atom stereocenters. The number of esters is 3. The highest BCUT2D eigenvalue weighted by molar-refractivity contribution is 5.86. The molecule has 0 aromatic heterocycles. The van der Waals surface area contributed by atoms with Crippen LogP contribution in [-0.2, 0) is 62.7 Å². The van der Waals surface area contributed by atoms with Crippen LogP contribution in [0.1, 0.15) is 86.6 Å². The Hall–Kier alpha value is -7.48. The van der Waals surface area contributed by atoms with Gasteiger partial charge >= 0.3 is 30.1 Å². The average molecular weight is 912 g/mol. The largest absolute Gasteiger partial charge is 0.459 e. The van der Waals surface area contributed by atoms with Gasteiger partial charge in [0.25, 0.3) is 0 Å². The maximum absolute atomic E-state index is 13.7. The van der Waals surface area contributed by atoms with Crippen molar-refractivity contribution in [1.82, 2.24) is 16.0 Å². The lowest BCUT2D eigenvalue weighted by atomic mass is 9.98. The Bertz CT molecular complexity index is 2400. The second-order valence-corrected chi connectivity index (χ2v) is 17.1. The molecule has 0 radical (unpaired) electrons. The van der Waals surface area contributed by atoms with E-state index in [1.54, 1.807) is 81.4 Å². The smallest absolute Gasteiger partial charge is 0.408 e. The van der Waals surface area contributed by atoms with E-state index in [0.717, 1.165) is 38.9 Å². The van der Waals surface area contributed by atoms with Crippen molar-refractivity contribution in [1.29, 1.82) is 0 Å². The summed E-state index contributed by atoms with van der Waals surface area (Å²) in [6, 6.07) is 39.2. The fraction of sp³-hybridized carbons (Fsp3) is 0.321. The van der Waals surface area contributed by atoms with E-state index in [2.05, 4.69) is 16.0 Å². The molecule has 0 spiro atoms. The minimum Gasteiger partial charge on any atom is -0.459 e. The molecule has 14 nitrogen and oxygen atoms in total. The summed E-state index contributed by atoms with van der Waals surface area (Å²) in [4.78, 5) is 80.5. The van der Waals surface area contributed by atoms with Crippen LogP contribution >= 0.6 is 0 Å². The summed E-state index contributed by atoms with van der Waals surface area (Å²) in [6.45, 7) is 4.89. The van der Waals surface area contributed by atoms with Gasteiger partial charge in [0.1, 0.15) is 50.2 Å². The van der Waals surface area contributed by atoms with Gasteiger partial charge in [0.05, 0.1) is 0 Å². The van der Waals surface area contributed by atoms with Crippen molar-refractivity contribution in [2.24, 2.45) is 0 Å². The van der Waals surface area contributed by atoms with Gasteiger partial charge in [-0.25, -0.2) is 24.0 Å². The van der Waals surface area contributed by atoms with E-state index >= 15 is 0 Å². The zero-order valence-electron chi connectivity index (χ0n) is 37.9. The fourth-order valence-corrected chi connectivity index (χ4v) is 7.53. The quantitative estimate of drug-likeness (QED) is 0.0474. The van der Waals surface area contributed by atoms with Crippen LogP contribution in [0, 0.1) is 0 Å². The van der Waals surface area contributed by atoms with Crippen LogP contribution in [0.4, 0.5) is 9.59 Å². The number of carbonyl (C=O) groups excluding carboxylic acids is 6. The van der Waals surface area contributed by atoms with Crippen LogP contribution in [0.3, 0.4) is 0 Å². The molecule has 3 amide bonds. The number of carbonyl (C=O) groups is 6. The van der Waals surface area contributed by atoms with E-state index in [1.165, 1.54) is 0 Å². The van der Waals surface area contributed by atoms with Crippen molar-refractivity contribution in [3.8, 4) is 11.1 Å². The van der Waals surface area contributed by atoms with E-state index in [9.17, 15) is 28.8 Å². The van der Waals surface area contributed by atoms with Gasteiger partial charge in [0, 0.05) is 12.3 Å². The summed E-state index contributed by atoms with van der Waals surface area (Å²) in [5, 5.41) is 7.92. The van der Waals surface area contributed by atoms with Gasteiger partial charge < -0.3 is 39.6 Å². The minimum absolute atomic E-state index is 0.00161. The lowest BCUT2D eigenvalue weighted by Crippen LogP contribution is -2.46. The third-order valence-corrected chi connectivity index (χ3v) is 10.8. The number of rotatable bonds is 21. The third-order valence-electron chi connectivity index (χ3n) is 10.8. The highest BCUT2D eigenvalue weighted by atomic mass is 16.6. The molecule has 5 aromatic rings. The first-order valence-corrected chi connectivity index (χ1v) is 22.3. The standard InChI is InChI=1S/C53H57N3O11/c1-53(2,3)67-52(62)56-45(49(59)64-33-37-20-9-5-10-21-37)29-17-28-44(48(58)63-32-36-18-7-4-8-19-36)54-47(57)31-30-46(50(60)65-34-38-22-11-6-12-23-38)55-51(61)66-35-43-41-26-15-13-24-39(41)40-25-14-16-27-42(40)43/h4-16,18-27,43-46H,17,28-35H2,1-3H3,(H,54,57)(H,55,61)(H,56,62)/t44?,45?,46-/m1/s1. The first-order valence-electron chi connectivity index (χ1n) is 22.3. The van der Waals surface area contributed by atoms with Crippen LogP contribution in [-0.4, -0.2) is 66.3 Å². The van der Waals surface area contributed by atoms with Gasteiger partial charge in [0.2, 0.25) is 5.91 Å². The lowest BCUT2D eigenvalue weighted by Gasteiger charge is -2.24. The van der Waals surface area contributed by atoms with E-state index in [0.29, 0.717) is 0 Å². The summed E-state index contributed by atoms with van der Waals surface area (Å²) in [6.07, 6.45) is -2.06. The molecule has 0 aliphatic heterocycles. The molecule has 14 heteroatoms. The van der Waals surface area contributed by atoms with E-state index in [1.807, 2.05) is 78.9 Å². The van der Waals surface area contributed by atoms with Crippen molar-refractivity contribution in [2.45, 2.75) is 102 Å². The van der Waals surface area contributed by atoms with E-state index in [4.69, 9.17) is 23.7 Å². The Morgan fingerprint density at radius 3 is 1.31 bits per heavy atom. The number of hydrogen-bond donors (Lipinski definition) is 3. The van der Waals surface area contributed by atoms with Gasteiger partial charge in [-0.15, -0.1) is 0 Å². The lowest BCUT2D eigenvalue weighted by molar-refractivity contribution is -0.150. The summed E-state index contributed by atoms with van der Waals surface area (Å²) in [5.41, 5.74) is 5.49. The Balaban J connectivity index is 1.11. The van der Waals surface area contributed by atoms with Crippen LogP contribution in [0.25, 0.3) is 11.1 Å². The Kier molecular flexibility index (Phi) is 17.7. The molecule has 0 bridgehead atoms. The molecule has 0 fully saturated rings. The van der Waals surface area contributed by atoms with E-state index in [-0.39, 0.29) is 64.4 Å². The SMILES string of the molecule is CC(C)(C)OC(=O)NC(CCCC(NC(=O)CC[C@@H](NC(=O)OCC1c2ccccc2-c2ccccc21)C(=O)OCc1ccccc1)C(=O)OCc1ccccc1)C(=O)OCc1ccccc1. The zero-order valence-corrected chi connectivity index (χ0v) is 37.9. The van der Waals surface area contributed by atoms with Crippen LogP contribution < -0.4 is 16.0 Å². The molecule has 1 aliphatic rings. The number of nitrogens with one attached hydrogen (secondary N) is 3. The van der Waals surface area contributed by atoms with Crippen molar-refractivity contribution < 1.29 is 52.5 Å². The fourth-order valence-electron chi connectivity index (χ4n) is 7.53. The molecule has 0 saturated carbocycles. The van der Waals surface area contributed by atoms with Gasteiger partial charge in [-0.3, -0.25) is 4.79 Å². The Morgan fingerprint density at radius 1 is 0.478 bits per heavy atom. The number of amides is 3. The predicted molar refractivity (Wildman–Crippen MR) is 249 cm³/mol. The summed E-state index contributed by atoms with van der Waals surface area (Å²) < 4.78 is 27.9. The molecule has 1 aliphatic carbocycles. The van der Waals surface area contributed by atoms with Crippen molar-refractivity contribution in [3.63, 3.8) is 0 Å². The van der Waals surface area contributed by atoms with Gasteiger partial charge in [-0.1, -0.05) is 140 Å². The molecular weight excluding hydrogens is 855 g/mol. The van der Waals surface area contributed by atoms with Gasteiger partial charge in [-0.2, -0.15) is 0 Å². The summed E-state index contributed by atoms with van der Waals surface area (Å²) in [7, 11) is 0. The normalized spacial score (nSPS) is 13.1. The molecule has 3 N–H and O–H groups in total. The maximum Gasteiger partial charge on any atom is 0.408 e. The Morgan fingerprint density at radius 2 is 0.866 bits per heavy atom. The molecule has 3 atom stereocenters. The first-order chi connectivity index (χ1) is 32.3. The van der Waals surface area contributed by atoms with Gasteiger partial charge in [-0.05, 0) is 85.4 Å². The minimum atomic E-state index is -1.30. The van der Waals surface area contributed by atoms with Crippen molar-refractivity contribution >= 4 is 36.0 Å². The molecule has 5 aromatic carbocycles. The molecular formula is C53H57N3O11. The average Bonchev–Trinajstić information content (AvgIpc) is 3.65. The van der Waals surface area contributed by atoms with Gasteiger partial charge in [0.15, 0.2) is 0 Å². The number of alkyl carbamates (subject to hydrolysis) is 2. The van der Waals surface area contributed by atoms with E-state index < -0.39 is 59.7 Å². The highest BCUT2D eigenvalue weighted by Crippen LogP contribution is 2.44. The molecule has 0 heterocycles. The molecule has 67 heavy (non-hydrogen) atoms. The molecule has 350 valence electrons. The third kappa shape index (κ3) is 15.3. The van der Waals surface area contributed by atoms with Crippen LogP contribution in [0.5, 0.6) is 0 Å². The second kappa shape index (κ2) is 24.2. The maximum atomic E-state index is 13.7. The first kappa shape index (κ1) is 49.0. The molecule has 6 rings (SSSR count). The highest BCUT2D eigenvalue weighted by Gasteiger charge is 2.32. The topological polar surface area (TPSA) is 185 Å². The second-order valence-electron chi connectivity index (χ2n) is 17.1. The zero-order chi connectivity index (χ0) is 47.6. The van der Waals surface area contributed by atoms with Crippen LogP contribution in [0.15, 0.2) is 140 Å². The Labute approximate surface area is 390 Å². The number of benzene rings is 5. The predicted octanol–water partition coefficient (Wildman–Crippen LogP) is 8.45. The number of ether oxygens (including phenoxy) is 5. The van der Waals surface area contributed by atoms with Crippen molar-refractivity contribution in [2.75, 3.05) is 6.61 Å². The summed E-state index contributed by atoms with van der Waals surface area (Å²) in [5.74, 6) is -3.09. The summed E-state index contributed by atoms with van der Waals surface area (Å²) >= 11 is 0. The number of fused-ring (bicyclic) bond motifs is 3. The molecule has 0 saturated heterocycles. The number of hydrogen-bond acceptors (Lipinski definition) is 11. The monoisotopic (exact) mass is 911 g/mol. The van der Waals surface area contributed by atoms with Crippen LogP contribution in [0.2, 0.25) is 0 Å². The van der Waals surface area contributed by atoms with Crippen molar-refractivity contribution in [3.05, 3.63) is 167 Å².